The van der Waals surface area contributed by atoms with Crippen LogP contribution in [0.2, 0.25) is 0 Å². The van der Waals surface area contributed by atoms with Crippen LogP contribution in [0, 0.1) is 6.92 Å². The summed E-state index contributed by atoms with van der Waals surface area (Å²) in [7, 11) is 1.59. The van der Waals surface area contributed by atoms with E-state index in [0.29, 0.717) is 23.5 Å². The summed E-state index contributed by atoms with van der Waals surface area (Å²) in [4.78, 5) is 12.5. The monoisotopic (exact) mass is 399 g/mol. The van der Waals surface area contributed by atoms with Gasteiger partial charge in [0.15, 0.2) is 0 Å². The van der Waals surface area contributed by atoms with Crippen LogP contribution in [0.25, 0.3) is 0 Å². The number of nitrogens with zero attached hydrogens (tertiary/aromatic N) is 2. The Hall–Kier alpha value is -2.60. The highest BCUT2D eigenvalue weighted by Gasteiger charge is 2.10. The van der Waals surface area contributed by atoms with Crippen molar-refractivity contribution in [3.8, 4) is 5.75 Å². The van der Waals surface area contributed by atoms with Gasteiger partial charge in [0.05, 0.1) is 30.0 Å². The van der Waals surface area contributed by atoms with Crippen LogP contribution in [-0.4, -0.2) is 22.8 Å². The molecule has 0 fully saturated rings. The van der Waals surface area contributed by atoms with E-state index in [0.717, 1.165) is 15.6 Å². The summed E-state index contributed by atoms with van der Waals surface area (Å²) in [6, 6.07) is 13.2. The van der Waals surface area contributed by atoms with E-state index in [4.69, 9.17) is 4.74 Å². The van der Waals surface area contributed by atoms with Gasteiger partial charge in [-0.2, -0.15) is 5.10 Å². The number of hydrogen-bond donors (Lipinski definition) is 1. The predicted molar refractivity (Wildman–Crippen MR) is 101 cm³/mol. The Labute approximate surface area is 154 Å². The molecule has 1 N–H and O–H groups in total. The van der Waals surface area contributed by atoms with Gasteiger partial charge in [0, 0.05) is 11.8 Å². The number of hydrogen-bond acceptors (Lipinski definition) is 3. The minimum Gasteiger partial charge on any atom is -0.495 e. The SMILES string of the molecule is COc1ccc(C)cc1NC(=O)c1ccc(Cn2cc(Br)cn2)cc1. The molecule has 3 aromatic rings. The van der Waals surface area contributed by atoms with Gasteiger partial charge in [-0.1, -0.05) is 18.2 Å². The number of aryl methyl sites for hydroxylation is 1. The second kappa shape index (κ2) is 7.53. The van der Waals surface area contributed by atoms with Crippen molar-refractivity contribution in [1.82, 2.24) is 9.78 Å². The summed E-state index contributed by atoms with van der Waals surface area (Å²) >= 11 is 3.38. The van der Waals surface area contributed by atoms with Crippen molar-refractivity contribution in [3.05, 3.63) is 76.0 Å². The van der Waals surface area contributed by atoms with E-state index < -0.39 is 0 Å². The lowest BCUT2D eigenvalue weighted by Gasteiger charge is -2.11. The number of methoxy groups -OCH3 is 1. The van der Waals surface area contributed by atoms with Crippen molar-refractivity contribution in [3.63, 3.8) is 0 Å². The molecule has 0 aliphatic heterocycles. The van der Waals surface area contributed by atoms with Crippen molar-refractivity contribution in [2.45, 2.75) is 13.5 Å². The molecule has 0 aliphatic rings. The molecule has 0 saturated heterocycles. The van der Waals surface area contributed by atoms with Crippen LogP contribution in [0.3, 0.4) is 0 Å². The molecule has 0 saturated carbocycles. The van der Waals surface area contributed by atoms with E-state index in [1.807, 2.05) is 60.3 Å². The Kier molecular flexibility index (Phi) is 5.19. The van der Waals surface area contributed by atoms with Crippen molar-refractivity contribution in [2.75, 3.05) is 12.4 Å². The van der Waals surface area contributed by atoms with Gasteiger partial charge in [0.1, 0.15) is 5.75 Å². The first kappa shape index (κ1) is 17.2. The summed E-state index contributed by atoms with van der Waals surface area (Å²) in [5.41, 5.74) is 3.38. The topological polar surface area (TPSA) is 56.1 Å². The molecule has 5 nitrogen and oxygen atoms in total. The van der Waals surface area contributed by atoms with Crippen LogP contribution < -0.4 is 10.1 Å². The summed E-state index contributed by atoms with van der Waals surface area (Å²) < 4.78 is 8.07. The fraction of sp³-hybridized carbons (Fsp3) is 0.158. The van der Waals surface area contributed by atoms with Gasteiger partial charge >= 0.3 is 0 Å². The molecule has 0 unspecified atom stereocenters. The highest BCUT2D eigenvalue weighted by Crippen LogP contribution is 2.25. The normalized spacial score (nSPS) is 10.5. The van der Waals surface area contributed by atoms with Gasteiger partial charge in [-0.3, -0.25) is 9.48 Å². The quantitative estimate of drug-likeness (QED) is 0.696. The lowest BCUT2D eigenvalue weighted by atomic mass is 10.1. The Morgan fingerprint density at radius 2 is 2.00 bits per heavy atom. The molecule has 25 heavy (non-hydrogen) atoms. The fourth-order valence-corrected chi connectivity index (χ4v) is 2.82. The van der Waals surface area contributed by atoms with Crippen LogP contribution in [0.15, 0.2) is 59.3 Å². The van der Waals surface area contributed by atoms with Crippen LogP contribution in [0.1, 0.15) is 21.5 Å². The standard InChI is InChI=1S/C19H18BrN3O2/c1-13-3-8-18(25-2)17(9-13)22-19(24)15-6-4-14(5-7-15)11-23-12-16(20)10-21-23/h3-10,12H,11H2,1-2H3,(H,22,24). The number of carbonyl (C=O) groups excluding carboxylic acids is 1. The Morgan fingerprint density at radius 3 is 2.64 bits per heavy atom. The fourth-order valence-electron chi connectivity index (χ4n) is 2.49. The number of halogens is 1. The van der Waals surface area contributed by atoms with E-state index in [1.54, 1.807) is 13.3 Å². The van der Waals surface area contributed by atoms with Gasteiger partial charge in [-0.25, -0.2) is 0 Å². The van der Waals surface area contributed by atoms with Crippen molar-refractivity contribution in [1.29, 1.82) is 0 Å². The number of benzene rings is 2. The average Bonchev–Trinajstić information content (AvgIpc) is 3.00. The number of anilines is 1. The lowest BCUT2D eigenvalue weighted by molar-refractivity contribution is 0.102. The van der Waals surface area contributed by atoms with Gasteiger partial charge in [0.2, 0.25) is 0 Å². The van der Waals surface area contributed by atoms with Crippen LogP contribution in [0.5, 0.6) is 5.75 Å². The number of amides is 1. The minimum absolute atomic E-state index is 0.169. The third-order valence-electron chi connectivity index (χ3n) is 3.77. The third-order valence-corrected chi connectivity index (χ3v) is 4.18. The number of aromatic nitrogens is 2. The Bertz CT molecular complexity index is 888. The maximum atomic E-state index is 12.5. The first-order valence-corrected chi connectivity index (χ1v) is 8.57. The predicted octanol–water partition coefficient (Wildman–Crippen LogP) is 4.26. The highest BCUT2D eigenvalue weighted by atomic mass is 79.9. The largest absolute Gasteiger partial charge is 0.495 e. The molecule has 128 valence electrons. The van der Waals surface area contributed by atoms with E-state index in [9.17, 15) is 4.79 Å². The molecule has 0 aliphatic carbocycles. The summed E-state index contributed by atoms with van der Waals surface area (Å²) in [6.45, 7) is 2.62. The van der Waals surface area contributed by atoms with Gasteiger partial charge in [-0.05, 0) is 58.2 Å². The zero-order chi connectivity index (χ0) is 17.8. The van der Waals surface area contributed by atoms with E-state index in [2.05, 4.69) is 26.3 Å². The average molecular weight is 400 g/mol. The van der Waals surface area contributed by atoms with Crippen molar-refractivity contribution in [2.24, 2.45) is 0 Å². The Morgan fingerprint density at radius 1 is 1.24 bits per heavy atom. The molecule has 1 heterocycles. The second-order valence-electron chi connectivity index (χ2n) is 5.71. The van der Waals surface area contributed by atoms with E-state index >= 15 is 0 Å². The van der Waals surface area contributed by atoms with Crippen molar-refractivity contribution < 1.29 is 9.53 Å². The number of nitrogens with one attached hydrogen (secondary N) is 1. The molecule has 1 amide bonds. The van der Waals surface area contributed by atoms with E-state index in [-0.39, 0.29) is 5.91 Å². The number of ether oxygens (including phenoxy) is 1. The molecule has 1 aromatic heterocycles. The van der Waals surface area contributed by atoms with Gasteiger partial charge < -0.3 is 10.1 Å². The molecule has 0 spiro atoms. The van der Waals surface area contributed by atoms with Crippen LogP contribution in [0.4, 0.5) is 5.69 Å². The second-order valence-corrected chi connectivity index (χ2v) is 6.63. The maximum absolute atomic E-state index is 12.5. The molecule has 0 radical (unpaired) electrons. The van der Waals surface area contributed by atoms with Gasteiger partial charge in [-0.15, -0.1) is 0 Å². The minimum atomic E-state index is -0.169. The van der Waals surface area contributed by atoms with E-state index in [1.165, 1.54) is 0 Å². The van der Waals surface area contributed by atoms with Crippen molar-refractivity contribution >= 4 is 27.5 Å². The zero-order valence-corrected chi connectivity index (χ0v) is 15.6. The Balaban J connectivity index is 1.71. The summed E-state index contributed by atoms with van der Waals surface area (Å²) in [6.07, 6.45) is 3.65. The molecule has 0 bridgehead atoms. The molecule has 2 aromatic carbocycles. The maximum Gasteiger partial charge on any atom is 0.255 e. The molecule has 0 atom stereocenters. The zero-order valence-electron chi connectivity index (χ0n) is 14.0. The molecule has 3 rings (SSSR count). The molecular weight excluding hydrogens is 382 g/mol. The molecule has 6 heteroatoms. The highest BCUT2D eigenvalue weighted by molar-refractivity contribution is 9.10. The first-order chi connectivity index (χ1) is 12.0. The lowest BCUT2D eigenvalue weighted by Crippen LogP contribution is -2.13. The third kappa shape index (κ3) is 4.28. The smallest absolute Gasteiger partial charge is 0.255 e. The number of rotatable bonds is 5. The van der Waals surface area contributed by atoms with Crippen LogP contribution in [-0.2, 0) is 6.54 Å². The molecular formula is C19H18BrN3O2. The summed E-state index contributed by atoms with van der Waals surface area (Å²) in [5.74, 6) is 0.470. The van der Waals surface area contributed by atoms with Crippen LogP contribution >= 0.6 is 15.9 Å². The van der Waals surface area contributed by atoms with Gasteiger partial charge in [0.25, 0.3) is 5.91 Å². The summed E-state index contributed by atoms with van der Waals surface area (Å²) in [5, 5.41) is 7.13. The number of carbonyl (C=O) groups is 1. The first-order valence-electron chi connectivity index (χ1n) is 7.78.